The lowest BCUT2D eigenvalue weighted by Gasteiger charge is -2.39. The summed E-state index contributed by atoms with van der Waals surface area (Å²) in [5.41, 5.74) is 7.61. The quantitative estimate of drug-likeness (QED) is 0.895. The molecule has 2 saturated heterocycles. The van der Waals surface area contributed by atoms with Gasteiger partial charge in [-0.3, -0.25) is 0 Å². The van der Waals surface area contributed by atoms with E-state index in [4.69, 9.17) is 22.1 Å². The van der Waals surface area contributed by atoms with Crippen LogP contribution in [-0.4, -0.2) is 23.9 Å². The molecule has 0 aliphatic carbocycles. The van der Waals surface area contributed by atoms with Crippen molar-refractivity contribution < 1.29 is 9.84 Å². The van der Waals surface area contributed by atoms with E-state index in [1.165, 1.54) is 0 Å². The summed E-state index contributed by atoms with van der Waals surface area (Å²) in [5.74, 6) is 0. The third-order valence-corrected chi connectivity index (χ3v) is 5.04. The lowest BCUT2D eigenvalue weighted by Crippen LogP contribution is -2.44. The Kier molecular flexibility index (Phi) is 3.34. The average molecular weight is 282 g/mol. The van der Waals surface area contributed by atoms with Crippen LogP contribution in [0.5, 0.6) is 0 Å². The molecule has 2 fully saturated rings. The van der Waals surface area contributed by atoms with Gasteiger partial charge in [-0.2, -0.15) is 0 Å². The van der Waals surface area contributed by atoms with E-state index < -0.39 is 6.10 Å². The van der Waals surface area contributed by atoms with E-state index >= 15 is 0 Å². The number of aliphatic hydroxyl groups excluding tert-OH is 1. The molecule has 4 atom stereocenters. The van der Waals surface area contributed by atoms with E-state index in [-0.39, 0.29) is 17.6 Å². The average Bonchev–Trinajstić information content (AvgIpc) is 2.98. The smallest absolute Gasteiger partial charge is 0.0886 e. The number of aliphatic hydroxyl groups is 1. The van der Waals surface area contributed by atoms with Gasteiger partial charge in [0.1, 0.15) is 0 Å². The number of halogens is 1. The van der Waals surface area contributed by atoms with Crippen LogP contribution in [0.2, 0.25) is 5.02 Å². The summed E-state index contributed by atoms with van der Waals surface area (Å²) in [5, 5.41) is 11.6. The Hall–Kier alpha value is -0.610. The highest BCUT2D eigenvalue weighted by Gasteiger charge is 2.55. The Morgan fingerprint density at radius 1 is 1.53 bits per heavy atom. The summed E-state index contributed by atoms with van der Waals surface area (Å²) in [7, 11) is 0. The molecule has 0 radical (unpaired) electrons. The third kappa shape index (κ3) is 2.00. The second-order valence-electron chi connectivity index (χ2n) is 5.87. The van der Waals surface area contributed by atoms with Crippen LogP contribution < -0.4 is 5.73 Å². The maximum atomic E-state index is 10.9. The molecule has 3 rings (SSSR count). The fourth-order valence-electron chi connectivity index (χ4n) is 3.70. The van der Waals surface area contributed by atoms with Gasteiger partial charge in [0.25, 0.3) is 0 Å². The number of fused-ring (bicyclic) bond motifs is 2. The third-order valence-electron chi connectivity index (χ3n) is 4.81. The highest BCUT2D eigenvalue weighted by atomic mass is 35.5. The zero-order valence-corrected chi connectivity index (χ0v) is 11.9. The minimum absolute atomic E-state index is 0.0904. The van der Waals surface area contributed by atoms with Crippen LogP contribution in [-0.2, 0) is 4.74 Å². The predicted molar refractivity (Wildman–Crippen MR) is 75.1 cm³/mol. The Balaban J connectivity index is 1.96. The van der Waals surface area contributed by atoms with Gasteiger partial charge >= 0.3 is 0 Å². The summed E-state index contributed by atoms with van der Waals surface area (Å²) < 4.78 is 5.92. The van der Waals surface area contributed by atoms with Gasteiger partial charge in [-0.15, -0.1) is 0 Å². The van der Waals surface area contributed by atoms with E-state index in [9.17, 15) is 5.11 Å². The molecular weight excluding hydrogens is 262 g/mol. The molecule has 0 saturated carbocycles. The first kappa shape index (κ1) is 13.4. The molecule has 4 unspecified atom stereocenters. The molecule has 1 aromatic rings. The minimum Gasteiger partial charge on any atom is -0.388 e. The number of aryl methyl sites for hydroxylation is 1. The van der Waals surface area contributed by atoms with Crippen molar-refractivity contribution in [1.29, 1.82) is 0 Å². The minimum atomic E-state index is -0.579. The molecule has 1 aromatic carbocycles. The zero-order valence-electron chi connectivity index (χ0n) is 11.1. The van der Waals surface area contributed by atoms with Crippen molar-refractivity contribution in [2.24, 2.45) is 11.1 Å². The molecule has 2 heterocycles. The second-order valence-corrected chi connectivity index (χ2v) is 6.31. The molecule has 0 aromatic heterocycles. The Morgan fingerprint density at radius 3 is 2.84 bits per heavy atom. The SMILES string of the molecule is Cc1cc(Cl)ccc1C(O)C1(CN)CC2CCC1O2. The number of nitrogens with two attached hydrogens (primary N) is 1. The van der Waals surface area contributed by atoms with Crippen LogP contribution in [0.1, 0.15) is 36.5 Å². The van der Waals surface area contributed by atoms with Gasteiger partial charge in [0.05, 0.1) is 18.3 Å². The lowest BCUT2D eigenvalue weighted by molar-refractivity contribution is -0.0266. The molecule has 2 bridgehead atoms. The first-order valence-electron chi connectivity index (χ1n) is 6.86. The molecule has 3 nitrogen and oxygen atoms in total. The first-order valence-corrected chi connectivity index (χ1v) is 7.24. The highest BCUT2D eigenvalue weighted by molar-refractivity contribution is 6.30. The Morgan fingerprint density at radius 2 is 2.32 bits per heavy atom. The van der Waals surface area contributed by atoms with Crippen molar-refractivity contribution in [3.05, 3.63) is 34.3 Å². The lowest BCUT2D eigenvalue weighted by atomic mass is 9.68. The van der Waals surface area contributed by atoms with Gasteiger partial charge in [0.15, 0.2) is 0 Å². The summed E-state index contributed by atoms with van der Waals surface area (Å²) >= 11 is 5.98. The van der Waals surface area contributed by atoms with Crippen molar-refractivity contribution in [3.63, 3.8) is 0 Å². The summed E-state index contributed by atoms with van der Waals surface area (Å²) in [6.07, 6.45) is 2.75. The monoisotopic (exact) mass is 281 g/mol. The van der Waals surface area contributed by atoms with Crippen LogP contribution in [0.4, 0.5) is 0 Å². The standard InChI is InChI=1S/C15H20ClNO2/c1-9-6-10(16)2-4-12(9)14(18)15(8-17)7-11-3-5-13(15)19-11/h2,4,6,11,13-14,18H,3,5,7-8,17H2,1H3. The fraction of sp³-hybridized carbons (Fsp3) is 0.600. The Bertz CT molecular complexity index is 493. The van der Waals surface area contributed by atoms with E-state index in [1.807, 2.05) is 25.1 Å². The van der Waals surface area contributed by atoms with E-state index in [0.29, 0.717) is 11.6 Å². The maximum absolute atomic E-state index is 10.9. The number of ether oxygens (including phenoxy) is 1. The number of hydrogen-bond acceptors (Lipinski definition) is 3. The van der Waals surface area contributed by atoms with Gasteiger partial charge < -0.3 is 15.6 Å². The normalized spacial score (nSPS) is 34.7. The zero-order chi connectivity index (χ0) is 13.6. The number of hydrogen-bond donors (Lipinski definition) is 2. The van der Waals surface area contributed by atoms with Crippen molar-refractivity contribution >= 4 is 11.6 Å². The predicted octanol–water partition coefficient (Wildman–Crippen LogP) is 2.58. The Labute approximate surface area is 118 Å². The molecule has 19 heavy (non-hydrogen) atoms. The topological polar surface area (TPSA) is 55.5 Å². The van der Waals surface area contributed by atoms with Crippen LogP contribution >= 0.6 is 11.6 Å². The molecule has 2 aliphatic heterocycles. The fourth-order valence-corrected chi connectivity index (χ4v) is 3.93. The maximum Gasteiger partial charge on any atom is 0.0886 e. The van der Waals surface area contributed by atoms with Crippen LogP contribution in [0.25, 0.3) is 0 Å². The largest absolute Gasteiger partial charge is 0.388 e. The van der Waals surface area contributed by atoms with Crippen LogP contribution in [0, 0.1) is 12.3 Å². The molecule has 3 N–H and O–H groups in total. The van der Waals surface area contributed by atoms with Crippen molar-refractivity contribution in [2.45, 2.75) is 44.5 Å². The van der Waals surface area contributed by atoms with Gasteiger partial charge in [0.2, 0.25) is 0 Å². The number of rotatable bonds is 3. The first-order chi connectivity index (χ1) is 9.06. The second kappa shape index (κ2) is 4.74. The van der Waals surface area contributed by atoms with Crippen molar-refractivity contribution in [1.82, 2.24) is 0 Å². The van der Waals surface area contributed by atoms with Crippen molar-refractivity contribution in [3.8, 4) is 0 Å². The molecule has 104 valence electrons. The van der Waals surface area contributed by atoms with Gasteiger partial charge in [-0.25, -0.2) is 0 Å². The van der Waals surface area contributed by atoms with Gasteiger partial charge in [-0.1, -0.05) is 17.7 Å². The molecule has 0 spiro atoms. The van der Waals surface area contributed by atoms with E-state index in [1.54, 1.807) is 0 Å². The van der Waals surface area contributed by atoms with Gasteiger partial charge in [0, 0.05) is 17.0 Å². The molecular formula is C15H20ClNO2. The molecule has 4 heteroatoms. The number of benzene rings is 1. The van der Waals surface area contributed by atoms with Gasteiger partial charge in [-0.05, 0) is 49.4 Å². The van der Waals surface area contributed by atoms with Crippen LogP contribution in [0.3, 0.4) is 0 Å². The van der Waals surface area contributed by atoms with E-state index in [0.717, 1.165) is 30.4 Å². The highest BCUT2D eigenvalue weighted by Crippen LogP contribution is 2.54. The van der Waals surface area contributed by atoms with E-state index in [2.05, 4.69) is 0 Å². The summed E-state index contributed by atoms with van der Waals surface area (Å²) in [6, 6.07) is 5.62. The van der Waals surface area contributed by atoms with Crippen LogP contribution in [0.15, 0.2) is 18.2 Å². The summed E-state index contributed by atoms with van der Waals surface area (Å²) in [6.45, 7) is 2.43. The molecule has 0 amide bonds. The summed E-state index contributed by atoms with van der Waals surface area (Å²) in [4.78, 5) is 0. The molecule has 2 aliphatic rings. The van der Waals surface area contributed by atoms with Crippen molar-refractivity contribution in [2.75, 3.05) is 6.54 Å².